The number of furan rings is 1. The molecular formula is C39H25N3O. The third-order valence-corrected chi connectivity index (χ3v) is 7.44. The largest absolute Gasteiger partial charge is 0.456 e. The van der Waals surface area contributed by atoms with Crippen molar-refractivity contribution in [3.8, 4) is 56.4 Å². The first-order chi connectivity index (χ1) is 23.4. The van der Waals surface area contributed by atoms with Crippen LogP contribution in [0.2, 0.25) is 0 Å². The molecule has 2 aromatic heterocycles. The van der Waals surface area contributed by atoms with Crippen LogP contribution in [0.5, 0.6) is 0 Å². The highest BCUT2D eigenvalue weighted by atomic mass is 16.3. The lowest BCUT2D eigenvalue weighted by Gasteiger charge is -2.08. The van der Waals surface area contributed by atoms with Crippen LogP contribution in [0, 0.1) is 0 Å². The molecule has 0 N–H and O–H groups in total. The number of aromatic nitrogens is 3. The predicted molar refractivity (Wildman–Crippen MR) is 174 cm³/mol. The lowest BCUT2D eigenvalue weighted by molar-refractivity contribution is 0.669. The lowest BCUT2D eigenvalue weighted by Crippen LogP contribution is -2.00. The molecule has 0 amide bonds. The van der Waals surface area contributed by atoms with E-state index in [0.29, 0.717) is 28.6 Å². The van der Waals surface area contributed by atoms with Crippen LogP contribution in [0.1, 0.15) is 6.85 Å². The van der Waals surface area contributed by atoms with E-state index in [1.54, 1.807) is 12.1 Å². The normalized spacial score (nSPS) is 12.9. The monoisotopic (exact) mass is 556 g/mol. The van der Waals surface area contributed by atoms with Crippen molar-refractivity contribution < 1.29 is 11.3 Å². The zero-order chi connectivity index (χ0) is 32.9. The molecule has 6 aromatic carbocycles. The zero-order valence-corrected chi connectivity index (χ0v) is 22.8. The third-order valence-electron chi connectivity index (χ3n) is 7.44. The van der Waals surface area contributed by atoms with E-state index in [1.165, 1.54) is 0 Å². The first kappa shape index (κ1) is 20.1. The van der Waals surface area contributed by atoms with Gasteiger partial charge in [-0.05, 0) is 40.5 Å². The van der Waals surface area contributed by atoms with Gasteiger partial charge < -0.3 is 4.42 Å². The Labute approximate surface area is 256 Å². The Morgan fingerprint density at radius 3 is 1.67 bits per heavy atom. The molecule has 0 aliphatic carbocycles. The summed E-state index contributed by atoms with van der Waals surface area (Å²) in [6.45, 7) is 0. The van der Waals surface area contributed by atoms with E-state index in [9.17, 15) is 0 Å². The molecule has 8 rings (SSSR count). The van der Waals surface area contributed by atoms with Crippen LogP contribution >= 0.6 is 0 Å². The van der Waals surface area contributed by atoms with Gasteiger partial charge in [-0.3, -0.25) is 0 Å². The van der Waals surface area contributed by atoms with Gasteiger partial charge in [-0.1, -0.05) is 133 Å². The van der Waals surface area contributed by atoms with E-state index in [0.717, 1.165) is 44.2 Å². The van der Waals surface area contributed by atoms with Gasteiger partial charge in [0.15, 0.2) is 17.5 Å². The molecule has 4 heteroatoms. The summed E-state index contributed by atoms with van der Waals surface area (Å²) in [6.07, 6.45) is 0. The van der Waals surface area contributed by atoms with Gasteiger partial charge in [-0.25, -0.2) is 15.0 Å². The smallest absolute Gasteiger partial charge is 0.164 e. The van der Waals surface area contributed by atoms with E-state index in [-0.39, 0.29) is 29.7 Å². The summed E-state index contributed by atoms with van der Waals surface area (Å²) in [4.78, 5) is 14.5. The average Bonchev–Trinajstić information content (AvgIpc) is 3.52. The Hall–Kier alpha value is -5.87. The van der Waals surface area contributed by atoms with Crippen LogP contribution in [-0.4, -0.2) is 15.0 Å². The van der Waals surface area contributed by atoms with Gasteiger partial charge in [0.1, 0.15) is 11.2 Å². The Bertz CT molecular complexity index is 2410. The molecule has 0 unspecified atom stereocenters. The van der Waals surface area contributed by atoms with Crippen molar-refractivity contribution in [2.24, 2.45) is 0 Å². The fourth-order valence-electron chi connectivity index (χ4n) is 5.35. The molecular weight excluding hydrogens is 526 g/mol. The Balaban J connectivity index is 1.22. The molecule has 0 aliphatic heterocycles. The van der Waals surface area contributed by atoms with Crippen molar-refractivity contribution in [1.29, 1.82) is 0 Å². The second kappa shape index (κ2) is 10.5. The van der Waals surface area contributed by atoms with Gasteiger partial charge in [-0.15, -0.1) is 0 Å². The average molecular weight is 557 g/mol. The third kappa shape index (κ3) is 4.65. The van der Waals surface area contributed by atoms with E-state index >= 15 is 0 Å². The fraction of sp³-hybridized carbons (Fsp3) is 0. The number of benzene rings is 6. The Kier molecular flexibility index (Phi) is 4.91. The van der Waals surface area contributed by atoms with Crippen molar-refractivity contribution in [3.63, 3.8) is 0 Å². The highest BCUT2D eigenvalue weighted by Gasteiger charge is 2.16. The summed E-state index contributed by atoms with van der Waals surface area (Å²) in [5.41, 5.74) is 6.57. The first-order valence-electron chi connectivity index (χ1n) is 16.4. The quantitative estimate of drug-likeness (QED) is 0.212. The molecule has 0 bridgehead atoms. The van der Waals surface area contributed by atoms with Gasteiger partial charge in [0.2, 0.25) is 0 Å². The number of hydrogen-bond acceptors (Lipinski definition) is 4. The summed E-state index contributed by atoms with van der Waals surface area (Å²) in [6, 6.07) is 37.4. The minimum Gasteiger partial charge on any atom is -0.456 e. The Morgan fingerprint density at radius 2 is 1.02 bits per heavy atom. The maximum absolute atomic E-state index is 8.36. The van der Waals surface area contributed by atoms with Crippen molar-refractivity contribution in [1.82, 2.24) is 15.0 Å². The van der Waals surface area contributed by atoms with E-state index < -0.39 is 6.04 Å². The summed E-state index contributed by atoms with van der Waals surface area (Å²) >= 11 is 0. The maximum Gasteiger partial charge on any atom is 0.164 e. The molecule has 0 saturated heterocycles. The molecule has 0 spiro atoms. The number of rotatable bonds is 5. The SMILES string of the molecule is [2H]c1c([2H])c([2H])c(-c2ccc(-c3cccc4oc5cc(-c6nc(-c7ccccc7)nc(-c7ccccc7)n6)ccc5c34)cc2)c([2H])c1[2H]. The molecule has 0 aliphatic rings. The minimum atomic E-state index is -0.407. The Morgan fingerprint density at radius 1 is 0.442 bits per heavy atom. The molecule has 43 heavy (non-hydrogen) atoms. The molecule has 0 radical (unpaired) electrons. The summed E-state index contributed by atoms with van der Waals surface area (Å²) in [5, 5.41) is 1.87. The van der Waals surface area contributed by atoms with Crippen LogP contribution in [0.4, 0.5) is 0 Å². The van der Waals surface area contributed by atoms with Gasteiger partial charge in [0.05, 0.1) is 6.85 Å². The number of hydrogen-bond donors (Lipinski definition) is 0. The summed E-state index contributed by atoms with van der Waals surface area (Å²) in [7, 11) is 0. The summed E-state index contributed by atoms with van der Waals surface area (Å²) in [5.74, 6) is 1.70. The van der Waals surface area contributed by atoms with Crippen LogP contribution in [0.3, 0.4) is 0 Å². The molecule has 4 nitrogen and oxygen atoms in total. The first-order valence-corrected chi connectivity index (χ1v) is 13.9. The van der Waals surface area contributed by atoms with Crippen molar-refractivity contribution >= 4 is 21.9 Å². The predicted octanol–water partition coefficient (Wildman–Crippen LogP) is 10.1. The van der Waals surface area contributed by atoms with Gasteiger partial charge in [-0.2, -0.15) is 0 Å². The van der Waals surface area contributed by atoms with Gasteiger partial charge >= 0.3 is 0 Å². The summed E-state index contributed by atoms with van der Waals surface area (Å²) < 4.78 is 47.1. The molecule has 2 heterocycles. The van der Waals surface area contributed by atoms with Crippen molar-refractivity contribution in [2.45, 2.75) is 0 Å². The second-order valence-electron chi connectivity index (χ2n) is 10.1. The van der Waals surface area contributed by atoms with Crippen LogP contribution in [0.25, 0.3) is 78.4 Å². The molecule has 0 atom stereocenters. The standard InChI is InChI=1S/C39H25N3O/c1-4-11-26(12-5-1)27-19-21-28(22-20-27)32-17-10-18-34-36(32)33-24-23-31(25-35(33)43-34)39-41-37(29-13-6-2-7-14-29)40-38(42-39)30-15-8-3-9-16-30/h1-25H/i1D,4D,5D,11D,12D. The molecule has 0 fully saturated rings. The highest BCUT2D eigenvalue weighted by molar-refractivity contribution is 6.13. The number of fused-ring (bicyclic) bond motifs is 3. The zero-order valence-electron chi connectivity index (χ0n) is 27.8. The topological polar surface area (TPSA) is 51.8 Å². The van der Waals surface area contributed by atoms with E-state index in [4.69, 9.17) is 26.2 Å². The lowest BCUT2D eigenvalue weighted by atomic mass is 9.96. The van der Waals surface area contributed by atoms with Crippen molar-refractivity contribution in [2.75, 3.05) is 0 Å². The molecule has 0 saturated carbocycles. The maximum atomic E-state index is 8.36. The second-order valence-corrected chi connectivity index (χ2v) is 10.1. The molecule has 8 aromatic rings. The van der Waals surface area contributed by atoms with Crippen molar-refractivity contribution in [3.05, 3.63) is 152 Å². The van der Waals surface area contributed by atoms with Gasteiger partial charge in [0.25, 0.3) is 0 Å². The molecule has 202 valence electrons. The van der Waals surface area contributed by atoms with E-state index in [1.807, 2.05) is 109 Å². The van der Waals surface area contributed by atoms with Crippen LogP contribution in [0.15, 0.2) is 156 Å². The van der Waals surface area contributed by atoms with Crippen LogP contribution < -0.4 is 0 Å². The highest BCUT2D eigenvalue weighted by Crippen LogP contribution is 2.38. The minimum absolute atomic E-state index is 0.177. The van der Waals surface area contributed by atoms with Gasteiger partial charge in [0, 0.05) is 27.5 Å². The number of nitrogens with zero attached hydrogens (tertiary/aromatic N) is 3. The fourth-order valence-corrected chi connectivity index (χ4v) is 5.35. The van der Waals surface area contributed by atoms with Crippen LogP contribution in [-0.2, 0) is 0 Å². The van der Waals surface area contributed by atoms with E-state index in [2.05, 4.69) is 0 Å².